The molecule has 1 saturated heterocycles. The molecule has 0 saturated carbocycles. The predicted molar refractivity (Wildman–Crippen MR) is 34.6 cm³/mol. The highest BCUT2D eigenvalue weighted by molar-refractivity contribution is 5.14. The van der Waals surface area contributed by atoms with Crippen LogP contribution in [0.25, 0.3) is 0 Å². The molecule has 0 bridgehead atoms. The Morgan fingerprint density at radius 3 is 1.43 bits per heavy atom. The smallest absolute Gasteiger partial charge is 0.349 e. The summed E-state index contributed by atoms with van der Waals surface area (Å²) in [5.41, 5.74) is -3.94. The molecule has 1 fully saturated rings. The Bertz CT molecular complexity index is 213. The van der Waals surface area contributed by atoms with Crippen molar-refractivity contribution in [2.75, 3.05) is 0 Å². The van der Waals surface area contributed by atoms with Crippen molar-refractivity contribution in [1.29, 1.82) is 0 Å². The summed E-state index contributed by atoms with van der Waals surface area (Å²) in [5.74, 6) is -0.821. The summed E-state index contributed by atoms with van der Waals surface area (Å²) in [6.45, 7) is 2.51. The lowest BCUT2D eigenvalue weighted by Gasteiger charge is -2.20. The summed E-state index contributed by atoms with van der Waals surface area (Å²) in [7, 11) is 0. The molecule has 0 aromatic heterocycles. The molecular weight excluding hydrogens is 214 g/mol. The van der Waals surface area contributed by atoms with Crippen molar-refractivity contribution < 1.29 is 31.1 Å². The van der Waals surface area contributed by atoms with E-state index < -0.39 is 30.0 Å². The van der Waals surface area contributed by atoms with E-state index in [0.717, 1.165) is 0 Å². The lowest BCUT2D eigenvalue weighted by atomic mass is 9.96. The molecule has 0 amide bonds. The minimum Gasteiger partial charge on any atom is -0.349 e. The van der Waals surface area contributed by atoms with Crippen molar-refractivity contribution in [1.82, 2.24) is 0 Å². The van der Waals surface area contributed by atoms with Gasteiger partial charge in [-0.15, -0.1) is 0 Å². The van der Waals surface area contributed by atoms with Crippen LogP contribution in [0.4, 0.5) is 26.3 Å². The van der Waals surface area contributed by atoms with E-state index in [1.807, 2.05) is 0 Å². The Hall–Kier alpha value is -0.460. The van der Waals surface area contributed by atoms with Gasteiger partial charge >= 0.3 is 12.4 Å². The summed E-state index contributed by atoms with van der Waals surface area (Å²) in [5, 5.41) is 0. The SMILES string of the molecule is CC(C)[C@H]1OC1(C(F)(F)F)C(F)(F)F. The van der Waals surface area contributed by atoms with Crippen LogP contribution >= 0.6 is 0 Å². The fourth-order valence-electron chi connectivity index (χ4n) is 1.39. The van der Waals surface area contributed by atoms with E-state index in [4.69, 9.17) is 0 Å². The average Bonchev–Trinajstić information content (AvgIpc) is 2.54. The van der Waals surface area contributed by atoms with Crippen molar-refractivity contribution in [3.05, 3.63) is 0 Å². The van der Waals surface area contributed by atoms with E-state index in [9.17, 15) is 26.3 Å². The normalized spacial score (nSPS) is 26.8. The highest BCUT2D eigenvalue weighted by Gasteiger charge is 2.86. The first-order valence-corrected chi connectivity index (χ1v) is 3.85. The maximum atomic E-state index is 12.2. The molecule has 14 heavy (non-hydrogen) atoms. The molecule has 0 aliphatic carbocycles. The third kappa shape index (κ3) is 1.37. The van der Waals surface area contributed by atoms with Crippen LogP contribution in [0.2, 0.25) is 0 Å². The molecule has 1 aliphatic heterocycles. The zero-order chi connectivity index (χ0) is 11.4. The third-order valence-corrected chi connectivity index (χ3v) is 2.10. The van der Waals surface area contributed by atoms with Crippen molar-refractivity contribution in [2.24, 2.45) is 5.92 Å². The highest BCUT2D eigenvalue weighted by atomic mass is 19.4. The molecule has 1 nitrogen and oxygen atoms in total. The number of hydrogen-bond acceptors (Lipinski definition) is 1. The van der Waals surface area contributed by atoms with Crippen LogP contribution in [-0.4, -0.2) is 24.1 Å². The molecule has 0 spiro atoms. The number of hydrogen-bond donors (Lipinski definition) is 0. The van der Waals surface area contributed by atoms with Crippen molar-refractivity contribution >= 4 is 0 Å². The van der Waals surface area contributed by atoms with Crippen LogP contribution in [0.5, 0.6) is 0 Å². The van der Waals surface area contributed by atoms with Gasteiger partial charge in [0.15, 0.2) is 0 Å². The zero-order valence-electron chi connectivity index (χ0n) is 7.33. The minimum absolute atomic E-state index is 0.821. The van der Waals surface area contributed by atoms with Gasteiger partial charge in [-0.05, 0) is 5.92 Å². The Morgan fingerprint density at radius 2 is 1.36 bits per heavy atom. The first kappa shape index (κ1) is 11.6. The van der Waals surface area contributed by atoms with Crippen LogP contribution in [0, 0.1) is 5.92 Å². The first-order chi connectivity index (χ1) is 6.04. The second-order valence-corrected chi connectivity index (χ2v) is 3.51. The molecule has 1 rings (SSSR count). The third-order valence-electron chi connectivity index (χ3n) is 2.10. The van der Waals surface area contributed by atoms with Crippen LogP contribution < -0.4 is 0 Å². The van der Waals surface area contributed by atoms with Gasteiger partial charge < -0.3 is 4.74 Å². The summed E-state index contributed by atoms with van der Waals surface area (Å²) in [4.78, 5) is 0. The summed E-state index contributed by atoms with van der Waals surface area (Å²) < 4.78 is 76.8. The van der Waals surface area contributed by atoms with Crippen molar-refractivity contribution in [3.63, 3.8) is 0 Å². The number of ether oxygens (including phenoxy) is 1. The molecule has 1 aliphatic rings. The van der Waals surface area contributed by atoms with Gasteiger partial charge in [0.25, 0.3) is 5.60 Å². The Morgan fingerprint density at radius 1 is 1.00 bits per heavy atom. The van der Waals surface area contributed by atoms with Crippen LogP contribution in [0.1, 0.15) is 13.8 Å². The molecule has 1 heterocycles. The monoisotopic (exact) mass is 222 g/mol. The molecule has 84 valence electrons. The second-order valence-electron chi connectivity index (χ2n) is 3.51. The second kappa shape index (κ2) is 2.77. The largest absolute Gasteiger partial charge is 0.429 e. The maximum absolute atomic E-state index is 12.2. The Kier molecular flexibility index (Phi) is 2.30. The molecule has 0 N–H and O–H groups in total. The summed E-state index contributed by atoms with van der Waals surface area (Å²) in [6, 6.07) is 0. The topological polar surface area (TPSA) is 12.5 Å². The van der Waals surface area contributed by atoms with Gasteiger partial charge in [-0.2, -0.15) is 26.3 Å². The number of halogens is 6. The molecular formula is C7H8F6O. The first-order valence-electron chi connectivity index (χ1n) is 3.85. The number of rotatable bonds is 1. The Balaban J connectivity index is 3.00. The van der Waals surface area contributed by atoms with Gasteiger partial charge in [-0.25, -0.2) is 0 Å². The van der Waals surface area contributed by atoms with Gasteiger partial charge in [-0.3, -0.25) is 0 Å². The van der Waals surface area contributed by atoms with E-state index in [1.54, 1.807) is 0 Å². The zero-order valence-corrected chi connectivity index (χ0v) is 7.33. The standard InChI is InChI=1S/C7H8F6O/c1-3(2)4-5(14-4,6(8,9)10)7(11,12)13/h3-4H,1-2H3/t4-/m1/s1. The summed E-state index contributed by atoms with van der Waals surface area (Å²) >= 11 is 0. The molecule has 0 aromatic carbocycles. The molecule has 0 aromatic rings. The van der Waals surface area contributed by atoms with Gasteiger partial charge in [0, 0.05) is 0 Å². The van der Waals surface area contributed by atoms with Gasteiger partial charge in [0.05, 0.1) is 0 Å². The van der Waals surface area contributed by atoms with Crippen LogP contribution in [0.15, 0.2) is 0 Å². The van der Waals surface area contributed by atoms with Gasteiger partial charge in [-0.1, -0.05) is 13.8 Å². The molecule has 0 radical (unpaired) electrons. The molecule has 7 heteroatoms. The maximum Gasteiger partial charge on any atom is 0.429 e. The van der Waals surface area contributed by atoms with E-state index in [2.05, 4.69) is 4.74 Å². The van der Waals surface area contributed by atoms with Crippen molar-refractivity contribution in [2.45, 2.75) is 37.9 Å². The predicted octanol–water partition coefficient (Wildman–Crippen LogP) is 2.90. The van der Waals surface area contributed by atoms with E-state index in [0.29, 0.717) is 0 Å². The van der Waals surface area contributed by atoms with Crippen LogP contribution in [-0.2, 0) is 4.74 Å². The fourth-order valence-corrected chi connectivity index (χ4v) is 1.39. The van der Waals surface area contributed by atoms with E-state index >= 15 is 0 Å². The van der Waals surface area contributed by atoms with Gasteiger partial charge in [0.2, 0.25) is 0 Å². The average molecular weight is 222 g/mol. The Labute approximate surface area is 76.0 Å². The highest BCUT2D eigenvalue weighted by Crippen LogP contribution is 2.60. The van der Waals surface area contributed by atoms with Crippen molar-refractivity contribution in [3.8, 4) is 0 Å². The van der Waals surface area contributed by atoms with E-state index in [1.165, 1.54) is 13.8 Å². The minimum atomic E-state index is -5.40. The fraction of sp³-hybridized carbons (Fsp3) is 1.00. The quantitative estimate of drug-likeness (QED) is 0.491. The number of alkyl halides is 6. The van der Waals surface area contributed by atoms with Crippen LogP contribution in [0.3, 0.4) is 0 Å². The molecule has 1 atom stereocenters. The lowest BCUT2D eigenvalue weighted by Crippen LogP contribution is -2.49. The van der Waals surface area contributed by atoms with E-state index in [-0.39, 0.29) is 0 Å². The number of epoxide rings is 1. The van der Waals surface area contributed by atoms with Gasteiger partial charge in [0.1, 0.15) is 6.10 Å². The molecule has 0 unspecified atom stereocenters. The summed E-state index contributed by atoms with van der Waals surface area (Å²) in [6.07, 6.45) is -12.6. The lowest BCUT2D eigenvalue weighted by molar-refractivity contribution is -0.292.